The Labute approximate surface area is 120 Å². The van der Waals surface area contributed by atoms with E-state index in [0.29, 0.717) is 11.4 Å². The molecule has 0 spiro atoms. The fourth-order valence-corrected chi connectivity index (χ4v) is 2.00. The van der Waals surface area contributed by atoms with Gasteiger partial charge in [-0.3, -0.25) is 0 Å². The molecule has 20 heavy (non-hydrogen) atoms. The molecule has 0 saturated carbocycles. The summed E-state index contributed by atoms with van der Waals surface area (Å²) < 4.78 is 0. The quantitative estimate of drug-likeness (QED) is 0.880. The van der Waals surface area contributed by atoms with Crippen LogP contribution in [0, 0.1) is 18.3 Å². The Hall–Kier alpha value is -2.34. The molecule has 0 fully saturated rings. The van der Waals surface area contributed by atoms with E-state index in [1.54, 1.807) is 12.1 Å². The molecule has 0 unspecified atom stereocenters. The molecular formula is C17H19N3. The van der Waals surface area contributed by atoms with Gasteiger partial charge in [0.15, 0.2) is 0 Å². The van der Waals surface area contributed by atoms with E-state index < -0.39 is 0 Å². The Morgan fingerprint density at radius 3 is 2.30 bits per heavy atom. The number of aromatic nitrogens is 1. The van der Waals surface area contributed by atoms with E-state index in [0.717, 1.165) is 11.4 Å². The lowest BCUT2D eigenvalue weighted by Gasteiger charge is -2.19. The minimum Gasteiger partial charge on any atom is -0.340 e. The molecular weight excluding hydrogens is 246 g/mol. The van der Waals surface area contributed by atoms with Crippen LogP contribution in [0.2, 0.25) is 0 Å². The Bertz CT molecular complexity index is 643. The maximum absolute atomic E-state index is 8.97. The maximum Gasteiger partial charge on any atom is 0.131 e. The van der Waals surface area contributed by atoms with E-state index in [1.165, 1.54) is 5.56 Å². The second-order valence-corrected chi connectivity index (χ2v) is 5.95. The summed E-state index contributed by atoms with van der Waals surface area (Å²) in [5, 5.41) is 12.2. The molecule has 1 heterocycles. The number of pyridine rings is 1. The highest BCUT2D eigenvalue weighted by molar-refractivity contribution is 5.58. The fourth-order valence-electron chi connectivity index (χ4n) is 2.00. The number of benzene rings is 1. The van der Waals surface area contributed by atoms with Gasteiger partial charge < -0.3 is 5.32 Å². The first kappa shape index (κ1) is 14.1. The average molecular weight is 265 g/mol. The topological polar surface area (TPSA) is 48.7 Å². The van der Waals surface area contributed by atoms with E-state index in [4.69, 9.17) is 5.26 Å². The van der Waals surface area contributed by atoms with Gasteiger partial charge in [0, 0.05) is 11.4 Å². The van der Waals surface area contributed by atoms with Crippen LogP contribution >= 0.6 is 0 Å². The summed E-state index contributed by atoms with van der Waals surface area (Å²) in [6.45, 7) is 8.46. The van der Waals surface area contributed by atoms with E-state index >= 15 is 0 Å². The lowest BCUT2D eigenvalue weighted by molar-refractivity contribution is 0.590. The third kappa shape index (κ3) is 3.36. The highest BCUT2D eigenvalue weighted by Gasteiger charge is 2.12. The Morgan fingerprint density at radius 1 is 1.10 bits per heavy atom. The van der Waals surface area contributed by atoms with Crippen molar-refractivity contribution in [3.05, 3.63) is 53.2 Å². The molecule has 1 aromatic heterocycles. The second kappa shape index (κ2) is 5.34. The van der Waals surface area contributed by atoms with Gasteiger partial charge in [-0.05, 0) is 42.2 Å². The molecule has 0 aliphatic heterocycles. The van der Waals surface area contributed by atoms with Gasteiger partial charge in [0.2, 0.25) is 0 Å². The fraction of sp³-hybridized carbons (Fsp3) is 0.294. The number of hydrogen-bond donors (Lipinski definition) is 1. The first-order valence-corrected chi connectivity index (χ1v) is 6.65. The molecule has 1 N–H and O–H groups in total. The molecule has 0 saturated heterocycles. The zero-order valence-corrected chi connectivity index (χ0v) is 12.4. The summed E-state index contributed by atoms with van der Waals surface area (Å²) in [6, 6.07) is 14.0. The molecule has 0 aliphatic carbocycles. The zero-order valence-electron chi connectivity index (χ0n) is 12.4. The van der Waals surface area contributed by atoms with Crippen LogP contribution in [0.25, 0.3) is 0 Å². The molecule has 1 aromatic carbocycles. The van der Waals surface area contributed by atoms with Crippen molar-refractivity contribution in [1.82, 2.24) is 4.98 Å². The standard InChI is InChI=1S/C17H19N3/c1-12-9-13(11-18)10-16(19-12)20-15-7-5-14(6-8-15)17(2,3)4/h5-10H,1-4H3,(H,19,20). The van der Waals surface area contributed by atoms with Crippen LogP contribution in [0.1, 0.15) is 37.6 Å². The van der Waals surface area contributed by atoms with Crippen LogP contribution in [-0.4, -0.2) is 4.98 Å². The van der Waals surface area contributed by atoms with Gasteiger partial charge in [-0.15, -0.1) is 0 Å². The second-order valence-electron chi connectivity index (χ2n) is 5.95. The van der Waals surface area contributed by atoms with Crippen molar-refractivity contribution in [2.45, 2.75) is 33.1 Å². The normalized spacial score (nSPS) is 10.9. The Balaban J connectivity index is 2.23. The van der Waals surface area contributed by atoms with Crippen LogP contribution in [0.15, 0.2) is 36.4 Å². The molecule has 0 amide bonds. The molecule has 0 aliphatic rings. The van der Waals surface area contributed by atoms with Gasteiger partial charge in [-0.1, -0.05) is 32.9 Å². The summed E-state index contributed by atoms with van der Waals surface area (Å²) in [5.41, 5.74) is 3.86. The number of aryl methyl sites for hydroxylation is 1. The predicted molar refractivity (Wildman–Crippen MR) is 82.1 cm³/mol. The first-order valence-electron chi connectivity index (χ1n) is 6.65. The highest BCUT2D eigenvalue weighted by atomic mass is 15.0. The molecule has 2 aromatic rings. The number of nitrogens with one attached hydrogen (secondary N) is 1. The number of hydrogen-bond acceptors (Lipinski definition) is 3. The zero-order chi connectivity index (χ0) is 14.8. The maximum atomic E-state index is 8.97. The van der Waals surface area contributed by atoms with Gasteiger partial charge in [-0.2, -0.15) is 5.26 Å². The number of nitrogens with zero attached hydrogens (tertiary/aromatic N) is 2. The largest absolute Gasteiger partial charge is 0.340 e. The van der Waals surface area contributed by atoms with Gasteiger partial charge >= 0.3 is 0 Å². The predicted octanol–water partition coefficient (Wildman–Crippen LogP) is 4.30. The molecule has 2 rings (SSSR count). The van der Waals surface area contributed by atoms with Gasteiger partial charge in [0.05, 0.1) is 11.6 Å². The highest BCUT2D eigenvalue weighted by Crippen LogP contribution is 2.24. The smallest absolute Gasteiger partial charge is 0.131 e. The van der Waals surface area contributed by atoms with Crippen molar-refractivity contribution >= 4 is 11.5 Å². The summed E-state index contributed by atoms with van der Waals surface area (Å²) in [4.78, 5) is 4.39. The number of anilines is 2. The van der Waals surface area contributed by atoms with Gasteiger partial charge in [-0.25, -0.2) is 4.98 Å². The molecule has 0 atom stereocenters. The third-order valence-electron chi connectivity index (χ3n) is 3.11. The van der Waals surface area contributed by atoms with Crippen LogP contribution in [0.3, 0.4) is 0 Å². The SMILES string of the molecule is Cc1cc(C#N)cc(Nc2ccc(C(C)(C)C)cc2)n1. The summed E-state index contributed by atoms with van der Waals surface area (Å²) in [7, 11) is 0. The average Bonchev–Trinajstić information content (AvgIpc) is 2.37. The Kier molecular flexibility index (Phi) is 3.76. The van der Waals surface area contributed by atoms with Gasteiger partial charge in [0.25, 0.3) is 0 Å². The molecule has 102 valence electrons. The third-order valence-corrected chi connectivity index (χ3v) is 3.11. The monoisotopic (exact) mass is 265 g/mol. The summed E-state index contributed by atoms with van der Waals surface area (Å²) >= 11 is 0. The minimum atomic E-state index is 0.147. The first-order chi connectivity index (χ1) is 9.38. The summed E-state index contributed by atoms with van der Waals surface area (Å²) in [6.07, 6.45) is 0. The van der Waals surface area contributed by atoms with Crippen molar-refractivity contribution in [2.75, 3.05) is 5.32 Å². The molecule has 0 bridgehead atoms. The van der Waals surface area contributed by atoms with Crippen molar-refractivity contribution in [3.8, 4) is 6.07 Å². The lowest BCUT2D eigenvalue weighted by Crippen LogP contribution is -2.10. The molecule has 0 radical (unpaired) electrons. The number of nitriles is 1. The molecule has 3 nitrogen and oxygen atoms in total. The van der Waals surface area contributed by atoms with Crippen molar-refractivity contribution in [3.63, 3.8) is 0 Å². The van der Waals surface area contributed by atoms with Crippen molar-refractivity contribution in [1.29, 1.82) is 5.26 Å². The van der Waals surface area contributed by atoms with Crippen molar-refractivity contribution < 1.29 is 0 Å². The van der Waals surface area contributed by atoms with Gasteiger partial charge in [0.1, 0.15) is 5.82 Å². The van der Waals surface area contributed by atoms with Crippen LogP contribution in [0.4, 0.5) is 11.5 Å². The van der Waals surface area contributed by atoms with E-state index in [9.17, 15) is 0 Å². The van der Waals surface area contributed by atoms with Crippen LogP contribution in [-0.2, 0) is 5.41 Å². The van der Waals surface area contributed by atoms with E-state index in [2.05, 4.69) is 49.3 Å². The van der Waals surface area contributed by atoms with E-state index in [-0.39, 0.29) is 5.41 Å². The molecule has 3 heteroatoms. The van der Waals surface area contributed by atoms with Crippen molar-refractivity contribution in [2.24, 2.45) is 0 Å². The van der Waals surface area contributed by atoms with Crippen LogP contribution in [0.5, 0.6) is 0 Å². The number of rotatable bonds is 2. The minimum absolute atomic E-state index is 0.147. The lowest BCUT2D eigenvalue weighted by atomic mass is 9.87. The van der Waals surface area contributed by atoms with E-state index in [1.807, 2.05) is 19.1 Å². The van der Waals surface area contributed by atoms with Crippen LogP contribution < -0.4 is 5.32 Å². The Morgan fingerprint density at radius 2 is 1.75 bits per heavy atom. The summed E-state index contributed by atoms with van der Waals surface area (Å²) in [5.74, 6) is 0.699.